The van der Waals surface area contributed by atoms with Gasteiger partial charge in [0.15, 0.2) is 11.5 Å². The van der Waals surface area contributed by atoms with Crippen LogP contribution in [0.5, 0.6) is 11.5 Å². The summed E-state index contributed by atoms with van der Waals surface area (Å²) < 4.78 is 12.6. The van der Waals surface area contributed by atoms with E-state index >= 15 is 0 Å². The number of likely N-dealkylation sites (tertiary alicyclic amines) is 1. The van der Waals surface area contributed by atoms with Gasteiger partial charge >= 0.3 is 0 Å². The Morgan fingerprint density at radius 2 is 1.96 bits per heavy atom. The zero-order chi connectivity index (χ0) is 18.9. The van der Waals surface area contributed by atoms with E-state index in [4.69, 9.17) is 9.47 Å². The third-order valence-corrected chi connectivity index (χ3v) is 5.26. The predicted molar refractivity (Wildman–Crippen MR) is 102 cm³/mol. The van der Waals surface area contributed by atoms with Crippen LogP contribution in [0.25, 0.3) is 11.3 Å². The lowest BCUT2D eigenvalue weighted by atomic mass is 10.1. The zero-order valence-corrected chi connectivity index (χ0v) is 15.3. The second-order valence-electron chi connectivity index (χ2n) is 7.10. The first-order chi connectivity index (χ1) is 13.8. The number of rotatable bonds is 4. The van der Waals surface area contributed by atoms with Gasteiger partial charge < -0.3 is 14.4 Å². The molecule has 7 nitrogen and oxygen atoms in total. The van der Waals surface area contributed by atoms with Crippen LogP contribution < -0.4 is 9.47 Å². The van der Waals surface area contributed by atoms with Crippen LogP contribution in [0.3, 0.4) is 0 Å². The number of carbonyl (C=O) groups excluding carboxylic acids is 1. The third-order valence-electron chi connectivity index (χ3n) is 5.26. The van der Waals surface area contributed by atoms with Crippen molar-refractivity contribution >= 4 is 5.91 Å². The van der Waals surface area contributed by atoms with Gasteiger partial charge in [0.1, 0.15) is 5.69 Å². The number of carbonyl (C=O) groups is 1. The second-order valence-corrected chi connectivity index (χ2v) is 7.10. The molecule has 1 fully saturated rings. The van der Waals surface area contributed by atoms with Gasteiger partial charge in [0, 0.05) is 18.7 Å². The molecule has 2 aromatic carbocycles. The van der Waals surface area contributed by atoms with Crippen molar-refractivity contribution in [3.05, 3.63) is 60.3 Å². The number of ether oxygens (including phenoxy) is 2. The highest BCUT2D eigenvalue weighted by Crippen LogP contribution is 2.33. The van der Waals surface area contributed by atoms with Crippen molar-refractivity contribution in [3.8, 4) is 22.8 Å². The average molecular weight is 376 g/mol. The third kappa shape index (κ3) is 3.19. The van der Waals surface area contributed by atoms with Crippen LogP contribution in [0.4, 0.5) is 0 Å². The largest absolute Gasteiger partial charge is 0.454 e. The van der Waals surface area contributed by atoms with E-state index in [-0.39, 0.29) is 18.7 Å². The Morgan fingerprint density at radius 1 is 1.11 bits per heavy atom. The Morgan fingerprint density at radius 3 is 2.86 bits per heavy atom. The van der Waals surface area contributed by atoms with Gasteiger partial charge in [-0.1, -0.05) is 41.6 Å². The van der Waals surface area contributed by atoms with Gasteiger partial charge in [-0.05, 0) is 24.1 Å². The van der Waals surface area contributed by atoms with Crippen molar-refractivity contribution in [2.24, 2.45) is 0 Å². The number of hydrogen-bond acceptors (Lipinski definition) is 5. The molecule has 1 saturated heterocycles. The van der Waals surface area contributed by atoms with Gasteiger partial charge in [-0.25, -0.2) is 4.68 Å². The molecule has 0 spiro atoms. The normalized spacial score (nSPS) is 17.9. The first-order valence-electron chi connectivity index (χ1n) is 9.40. The van der Waals surface area contributed by atoms with Crippen LogP contribution in [0, 0.1) is 0 Å². The van der Waals surface area contributed by atoms with Crippen molar-refractivity contribution in [3.63, 3.8) is 0 Å². The molecule has 0 saturated carbocycles. The standard InChI is InChI=1S/C21H20N4O3/c26-21(11-15-6-7-19-20(10-15)28-14-27-19)24-9-8-17(12-24)25-13-18(22-23-25)16-4-2-1-3-5-16/h1-7,10,13,17H,8-9,11-12,14H2. The van der Waals surface area contributed by atoms with E-state index in [0.29, 0.717) is 18.7 Å². The first kappa shape index (κ1) is 16.8. The lowest BCUT2D eigenvalue weighted by molar-refractivity contribution is -0.129. The lowest BCUT2D eigenvalue weighted by Crippen LogP contribution is -2.30. The summed E-state index contributed by atoms with van der Waals surface area (Å²) in [5, 5.41) is 8.58. The summed E-state index contributed by atoms with van der Waals surface area (Å²) in [7, 11) is 0. The number of hydrogen-bond donors (Lipinski definition) is 0. The summed E-state index contributed by atoms with van der Waals surface area (Å²) in [6.45, 7) is 1.62. The highest BCUT2D eigenvalue weighted by molar-refractivity contribution is 5.79. The molecule has 28 heavy (non-hydrogen) atoms. The van der Waals surface area contributed by atoms with Gasteiger partial charge in [-0.15, -0.1) is 5.10 Å². The quantitative estimate of drug-likeness (QED) is 0.700. The molecule has 0 bridgehead atoms. The summed E-state index contributed by atoms with van der Waals surface area (Å²) in [4.78, 5) is 14.6. The molecule has 2 aliphatic rings. The minimum absolute atomic E-state index is 0.116. The number of amides is 1. The van der Waals surface area contributed by atoms with Crippen LogP contribution in [0.2, 0.25) is 0 Å². The smallest absolute Gasteiger partial charge is 0.231 e. The molecule has 142 valence electrons. The molecule has 1 aromatic heterocycles. The Bertz CT molecular complexity index is 1000. The predicted octanol–water partition coefficient (Wildman–Crippen LogP) is 2.69. The molecule has 1 unspecified atom stereocenters. The highest BCUT2D eigenvalue weighted by atomic mass is 16.7. The SMILES string of the molecule is O=C(Cc1ccc2c(c1)OCO2)N1CCC(n2cc(-c3ccccc3)nn2)C1. The molecule has 1 atom stereocenters. The van der Waals surface area contributed by atoms with E-state index in [1.807, 2.05) is 64.3 Å². The van der Waals surface area contributed by atoms with Gasteiger partial charge in [0.25, 0.3) is 0 Å². The minimum atomic E-state index is 0.116. The van der Waals surface area contributed by atoms with E-state index in [0.717, 1.165) is 35.5 Å². The van der Waals surface area contributed by atoms with Gasteiger partial charge in [0.2, 0.25) is 12.7 Å². The van der Waals surface area contributed by atoms with E-state index in [2.05, 4.69) is 10.3 Å². The molecule has 7 heteroatoms. The molecule has 0 radical (unpaired) electrons. The van der Waals surface area contributed by atoms with Crippen LogP contribution in [0.1, 0.15) is 18.0 Å². The summed E-state index contributed by atoms with van der Waals surface area (Å²) in [6.07, 6.45) is 3.20. The van der Waals surface area contributed by atoms with E-state index in [1.54, 1.807) is 0 Å². The summed E-state index contributed by atoms with van der Waals surface area (Å²) in [5.41, 5.74) is 2.83. The van der Waals surface area contributed by atoms with Crippen molar-refractivity contribution in [1.29, 1.82) is 0 Å². The molecule has 5 rings (SSSR count). The molecule has 2 aliphatic heterocycles. The van der Waals surface area contributed by atoms with Gasteiger partial charge in [-0.3, -0.25) is 4.79 Å². The molecular weight excluding hydrogens is 356 g/mol. The lowest BCUT2D eigenvalue weighted by Gasteiger charge is -2.16. The highest BCUT2D eigenvalue weighted by Gasteiger charge is 2.28. The van der Waals surface area contributed by atoms with Crippen LogP contribution in [0.15, 0.2) is 54.7 Å². The molecule has 3 aromatic rings. The average Bonchev–Trinajstić information content (AvgIpc) is 3.47. The summed E-state index contributed by atoms with van der Waals surface area (Å²) >= 11 is 0. The number of benzene rings is 2. The Hall–Kier alpha value is -3.35. The van der Waals surface area contributed by atoms with Gasteiger partial charge in [0.05, 0.1) is 18.7 Å². The van der Waals surface area contributed by atoms with Crippen LogP contribution >= 0.6 is 0 Å². The molecule has 0 aliphatic carbocycles. The van der Waals surface area contributed by atoms with E-state index < -0.39 is 0 Å². The second kappa shape index (κ2) is 6.99. The Balaban J connectivity index is 1.23. The van der Waals surface area contributed by atoms with E-state index in [1.165, 1.54) is 0 Å². The number of aromatic nitrogens is 3. The molecular formula is C21H20N4O3. The summed E-state index contributed by atoms with van der Waals surface area (Å²) in [5.74, 6) is 1.56. The fourth-order valence-corrected chi connectivity index (χ4v) is 3.72. The van der Waals surface area contributed by atoms with E-state index in [9.17, 15) is 4.79 Å². The minimum Gasteiger partial charge on any atom is -0.454 e. The number of nitrogens with zero attached hydrogens (tertiary/aromatic N) is 4. The van der Waals surface area contributed by atoms with Crippen molar-refractivity contribution < 1.29 is 14.3 Å². The monoisotopic (exact) mass is 376 g/mol. The maximum absolute atomic E-state index is 12.7. The molecule has 3 heterocycles. The fourth-order valence-electron chi connectivity index (χ4n) is 3.72. The molecule has 1 amide bonds. The maximum atomic E-state index is 12.7. The molecule has 0 N–H and O–H groups in total. The van der Waals surface area contributed by atoms with Crippen LogP contribution in [-0.2, 0) is 11.2 Å². The topological polar surface area (TPSA) is 69.5 Å². The zero-order valence-electron chi connectivity index (χ0n) is 15.3. The first-order valence-corrected chi connectivity index (χ1v) is 9.40. The van der Waals surface area contributed by atoms with Gasteiger partial charge in [-0.2, -0.15) is 0 Å². The number of fused-ring (bicyclic) bond motifs is 1. The van der Waals surface area contributed by atoms with Crippen molar-refractivity contribution in [1.82, 2.24) is 19.9 Å². The summed E-state index contributed by atoms with van der Waals surface area (Å²) in [6, 6.07) is 15.8. The maximum Gasteiger partial charge on any atom is 0.231 e. The van der Waals surface area contributed by atoms with Crippen molar-refractivity contribution in [2.45, 2.75) is 18.9 Å². The van der Waals surface area contributed by atoms with Crippen LogP contribution in [-0.4, -0.2) is 45.7 Å². The fraction of sp³-hybridized carbons (Fsp3) is 0.286. The Labute approximate surface area is 162 Å². The van der Waals surface area contributed by atoms with Crippen molar-refractivity contribution in [2.75, 3.05) is 19.9 Å². The Kier molecular flexibility index (Phi) is 4.20.